The van der Waals surface area contributed by atoms with Crippen LogP contribution in [-0.2, 0) is 38.4 Å². The van der Waals surface area contributed by atoms with Crippen LogP contribution in [-0.4, -0.2) is 86.4 Å². The molecule has 2 aromatic carbocycles. The van der Waals surface area contributed by atoms with Gasteiger partial charge >= 0.3 is 0 Å². The summed E-state index contributed by atoms with van der Waals surface area (Å²) in [5.74, 6) is -3.27. The van der Waals surface area contributed by atoms with Crippen molar-refractivity contribution in [3.05, 3.63) is 120 Å². The minimum atomic E-state index is -1.34. The van der Waals surface area contributed by atoms with Crippen LogP contribution in [0, 0.1) is 11.8 Å². The largest absolute Gasteiger partial charge is 0.390 e. The van der Waals surface area contributed by atoms with Crippen molar-refractivity contribution in [2.75, 3.05) is 6.54 Å². The highest BCUT2D eigenvalue weighted by Gasteiger charge is 2.33. The molecule has 2 aromatic heterocycles. The maximum Gasteiger partial charge on any atom is 0.276 e. The number of hydrogen-bond donors (Lipinski definition) is 7. The van der Waals surface area contributed by atoms with Crippen molar-refractivity contribution in [2.24, 2.45) is 11.8 Å². The van der Waals surface area contributed by atoms with Gasteiger partial charge in [0.15, 0.2) is 0 Å². The molecular weight excluding hydrogens is 737 g/mol. The fourth-order valence-electron chi connectivity index (χ4n) is 6.54. The van der Waals surface area contributed by atoms with Crippen LogP contribution >= 0.6 is 0 Å². The van der Waals surface area contributed by atoms with E-state index in [0.29, 0.717) is 31.5 Å². The third kappa shape index (κ3) is 15.0. The Labute approximate surface area is 340 Å². The first-order chi connectivity index (χ1) is 27.9. The smallest absolute Gasteiger partial charge is 0.276 e. The molecule has 5 amide bonds. The fourth-order valence-corrected chi connectivity index (χ4v) is 6.54. The summed E-state index contributed by atoms with van der Waals surface area (Å²) < 4.78 is 0. The summed E-state index contributed by atoms with van der Waals surface area (Å²) >= 11 is 0. The van der Waals surface area contributed by atoms with E-state index >= 15 is 0 Å². The summed E-state index contributed by atoms with van der Waals surface area (Å²) in [6.45, 7) is 8.05. The van der Waals surface area contributed by atoms with Gasteiger partial charge in [-0.05, 0) is 67.3 Å². The van der Waals surface area contributed by atoms with Gasteiger partial charge in [-0.2, -0.15) is 0 Å². The van der Waals surface area contributed by atoms with Gasteiger partial charge < -0.3 is 31.4 Å². The third-order valence-electron chi connectivity index (χ3n) is 9.94. The van der Waals surface area contributed by atoms with Gasteiger partial charge in [0.1, 0.15) is 17.8 Å². The van der Waals surface area contributed by atoms with Crippen LogP contribution < -0.4 is 26.6 Å². The van der Waals surface area contributed by atoms with E-state index in [1.54, 1.807) is 25.3 Å². The van der Waals surface area contributed by atoms with Crippen molar-refractivity contribution in [3.8, 4) is 0 Å². The summed E-state index contributed by atoms with van der Waals surface area (Å²) in [5, 5.41) is 25.7. The molecule has 14 nitrogen and oxygen atoms in total. The van der Waals surface area contributed by atoms with Gasteiger partial charge in [0.2, 0.25) is 23.6 Å². The number of pyridine rings is 1. The van der Waals surface area contributed by atoms with Gasteiger partial charge in [0, 0.05) is 24.5 Å². The highest BCUT2D eigenvalue weighted by molar-refractivity contribution is 6.05. The highest BCUT2D eigenvalue weighted by atomic mass is 16.3. The van der Waals surface area contributed by atoms with E-state index in [1.807, 2.05) is 69.3 Å². The fraction of sp³-hybridized carbons (Fsp3) is 0.432. The molecule has 0 radical (unpaired) electrons. The molecule has 0 aliphatic carbocycles. The maximum atomic E-state index is 14.1. The van der Waals surface area contributed by atoms with Crippen molar-refractivity contribution < 1.29 is 29.1 Å². The zero-order valence-corrected chi connectivity index (χ0v) is 33.8. The first kappa shape index (κ1) is 45.0. The number of H-pyrrole nitrogens is 1. The van der Waals surface area contributed by atoms with Crippen LogP contribution in [0.15, 0.2) is 97.6 Å². The quantitative estimate of drug-likeness (QED) is 0.0549. The normalized spacial score (nSPS) is 14.3. The molecule has 14 heteroatoms. The molecule has 2 heterocycles. The highest BCUT2D eigenvalue weighted by Crippen LogP contribution is 2.15. The molecule has 58 heavy (non-hydrogen) atoms. The number of nitrogens with one attached hydrogen (secondary N) is 6. The Morgan fingerprint density at radius 1 is 0.776 bits per heavy atom. The molecule has 0 spiro atoms. The first-order valence-electron chi connectivity index (χ1n) is 20.1. The summed E-state index contributed by atoms with van der Waals surface area (Å²) in [4.78, 5) is 78.5. The van der Waals surface area contributed by atoms with Crippen LogP contribution in [0.5, 0.6) is 0 Å². The Hall–Kier alpha value is -5.73. The van der Waals surface area contributed by atoms with Crippen LogP contribution in [0.1, 0.15) is 80.7 Å². The molecule has 6 atom stereocenters. The number of carbonyl (C=O) groups excluding carboxylic acids is 5. The lowest BCUT2D eigenvalue weighted by Crippen LogP contribution is -2.57. The Morgan fingerprint density at radius 3 is 2.07 bits per heavy atom. The number of aryl methyl sites for hydroxylation is 1. The van der Waals surface area contributed by atoms with Gasteiger partial charge in [0.05, 0.1) is 30.9 Å². The molecule has 0 aliphatic heterocycles. The Balaban J connectivity index is 1.45. The minimum absolute atomic E-state index is 0.00949. The number of imide groups is 1. The number of rotatable bonds is 23. The second-order valence-corrected chi connectivity index (χ2v) is 15.1. The molecule has 0 bridgehead atoms. The monoisotopic (exact) mass is 794 g/mol. The summed E-state index contributed by atoms with van der Waals surface area (Å²) in [6.07, 6.45) is 5.69. The molecule has 7 N–H and O–H groups in total. The van der Waals surface area contributed by atoms with Crippen molar-refractivity contribution in [3.63, 3.8) is 0 Å². The topological polar surface area (TPSA) is 207 Å². The molecule has 0 aliphatic rings. The molecule has 0 unspecified atom stereocenters. The van der Waals surface area contributed by atoms with E-state index in [0.717, 1.165) is 18.4 Å². The van der Waals surface area contributed by atoms with E-state index in [-0.39, 0.29) is 29.9 Å². The number of carbonyl (C=O) groups is 5. The summed E-state index contributed by atoms with van der Waals surface area (Å²) in [6, 6.07) is 20.9. The first-order valence-corrected chi connectivity index (χ1v) is 20.1. The molecule has 0 saturated carbocycles. The van der Waals surface area contributed by atoms with Crippen LogP contribution in [0.2, 0.25) is 0 Å². The van der Waals surface area contributed by atoms with Gasteiger partial charge in [-0.3, -0.25) is 34.3 Å². The lowest BCUT2D eigenvalue weighted by molar-refractivity contribution is -0.132. The van der Waals surface area contributed by atoms with Crippen molar-refractivity contribution in [1.29, 1.82) is 0 Å². The van der Waals surface area contributed by atoms with Gasteiger partial charge in [0.25, 0.3) is 5.91 Å². The number of aliphatic hydroxyl groups is 1. The summed E-state index contributed by atoms with van der Waals surface area (Å²) in [7, 11) is 0. The number of hydrogen-bond acceptors (Lipinski definition) is 9. The molecular formula is C44H58N8O6. The van der Waals surface area contributed by atoms with E-state index in [2.05, 4.69) is 53.7 Å². The molecule has 0 saturated heterocycles. The number of benzene rings is 2. The molecule has 310 valence electrons. The Bertz CT molecular complexity index is 1860. The number of imidazole rings is 1. The van der Waals surface area contributed by atoms with Crippen LogP contribution in [0.3, 0.4) is 0 Å². The van der Waals surface area contributed by atoms with E-state index < -0.39 is 60.3 Å². The zero-order valence-electron chi connectivity index (χ0n) is 33.8. The SMILES string of the molecule is CC[C@H](C)[C@H](NC(=O)C[C@H](O)[C@H](CC(C)C)NC(=O)[C@H](Cc1cnc[nH]1)NC(=O)[C@H](Cc1ccccc1)NCCCc1ccccc1)C(=O)NC(=O)c1ccccn1. The lowest BCUT2D eigenvalue weighted by atomic mass is 9.95. The van der Waals surface area contributed by atoms with E-state index in [9.17, 15) is 29.1 Å². The van der Waals surface area contributed by atoms with Crippen molar-refractivity contribution in [1.82, 2.24) is 41.5 Å². The number of amides is 5. The number of aromatic amines is 1. The van der Waals surface area contributed by atoms with Gasteiger partial charge in [-0.15, -0.1) is 0 Å². The lowest BCUT2D eigenvalue weighted by Gasteiger charge is -2.29. The standard InChI is InChI=1S/C44H58N8O6/c1-5-30(4)40(44(58)52-41(55)34-20-12-13-21-46-34)51-39(54)26-38(53)35(23-29(2)3)49-43(57)37(25-33-27-45-28-48-33)50-42(56)36(24-32-17-10-7-11-18-32)47-22-14-19-31-15-8-6-9-16-31/h6-13,15-18,20-21,27-30,35-38,40,47,53H,5,14,19,22-26H2,1-4H3,(H,45,48)(H,49,57)(H,50,56)(H,51,54)(H,52,55,58)/t30-,35-,36-,37-,38-,40-/m0/s1. The number of aromatic nitrogens is 3. The van der Waals surface area contributed by atoms with Crippen LogP contribution in [0.4, 0.5) is 0 Å². The average molecular weight is 795 g/mol. The maximum absolute atomic E-state index is 14.1. The Morgan fingerprint density at radius 2 is 1.45 bits per heavy atom. The van der Waals surface area contributed by atoms with Crippen molar-refractivity contribution in [2.45, 2.75) is 103 Å². The predicted molar refractivity (Wildman–Crippen MR) is 221 cm³/mol. The molecule has 0 fully saturated rings. The van der Waals surface area contributed by atoms with Gasteiger partial charge in [-0.25, -0.2) is 4.98 Å². The van der Waals surface area contributed by atoms with Gasteiger partial charge in [-0.1, -0.05) is 101 Å². The zero-order chi connectivity index (χ0) is 41.9. The minimum Gasteiger partial charge on any atom is -0.390 e. The van der Waals surface area contributed by atoms with E-state index in [1.165, 1.54) is 24.2 Å². The van der Waals surface area contributed by atoms with Crippen LogP contribution in [0.25, 0.3) is 0 Å². The molecule has 4 aromatic rings. The number of aliphatic hydroxyl groups excluding tert-OH is 1. The Kier molecular flexibility index (Phi) is 18.2. The van der Waals surface area contributed by atoms with E-state index in [4.69, 9.17) is 0 Å². The third-order valence-corrected chi connectivity index (χ3v) is 9.94. The number of nitrogens with zero attached hydrogens (tertiary/aromatic N) is 2. The molecule has 4 rings (SSSR count). The average Bonchev–Trinajstić information content (AvgIpc) is 3.74. The van der Waals surface area contributed by atoms with Crippen molar-refractivity contribution >= 4 is 29.5 Å². The second-order valence-electron chi connectivity index (χ2n) is 15.1. The summed E-state index contributed by atoms with van der Waals surface area (Å²) in [5.41, 5.74) is 2.83. The second kappa shape index (κ2) is 23.5. The predicted octanol–water partition coefficient (Wildman–Crippen LogP) is 3.44.